The zero-order valence-corrected chi connectivity index (χ0v) is 15.9. The third-order valence-corrected chi connectivity index (χ3v) is 6.56. The molecular weight excluding hydrogens is 352 g/mol. The van der Waals surface area contributed by atoms with Crippen LogP contribution in [0, 0.1) is 6.92 Å². The van der Waals surface area contributed by atoms with Crippen molar-refractivity contribution in [2.24, 2.45) is 0 Å². The van der Waals surface area contributed by atoms with Gasteiger partial charge in [0.2, 0.25) is 10.0 Å². The summed E-state index contributed by atoms with van der Waals surface area (Å²) in [6, 6.07) is 9.64. The van der Waals surface area contributed by atoms with Crippen LogP contribution in [0.1, 0.15) is 54.1 Å². The van der Waals surface area contributed by atoms with Gasteiger partial charge in [0.05, 0.1) is 16.5 Å². The zero-order valence-electron chi connectivity index (χ0n) is 15.1. The number of hydrogen-bond donors (Lipinski definition) is 1. The lowest BCUT2D eigenvalue weighted by Crippen LogP contribution is -2.37. The third kappa shape index (κ3) is 3.83. The van der Waals surface area contributed by atoms with Crippen LogP contribution in [0.2, 0.25) is 0 Å². The lowest BCUT2D eigenvalue weighted by Gasteiger charge is -2.26. The number of amides is 1. The van der Waals surface area contributed by atoms with E-state index in [1.165, 1.54) is 10.4 Å². The molecule has 1 aliphatic heterocycles. The number of furan rings is 1. The summed E-state index contributed by atoms with van der Waals surface area (Å²) in [7, 11) is -3.68. The summed E-state index contributed by atoms with van der Waals surface area (Å²) in [5.41, 5.74) is 0.160. The van der Waals surface area contributed by atoms with Gasteiger partial charge in [0.1, 0.15) is 11.5 Å². The standard InChI is InChI=1S/C19H24N2O4S/c1-14-10-11-17(25-14)15(2)20-19(22)16-8-4-5-9-18(16)26(23,24)21-12-6-3-7-13-21/h4-5,8-11,15H,3,6-7,12-13H2,1-2H3,(H,20,22). The fourth-order valence-corrected chi connectivity index (χ4v) is 4.86. The smallest absolute Gasteiger partial charge is 0.253 e. The highest BCUT2D eigenvalue weighted by Gasteiger charge is 2.30. The van der Waals surface area contributed by atoms with Crippen molar-refractivity contribution < 1.29 is 17.6 Å². The first-order valence-corrected chi connectivity index (χ1v) is 10.3. The van der Waals surface area contributed by atoms with E-state index in [0.29, 0.717) is 18.8 Å². The maximum Gasteiger partial charge on any atom is 0.253 e. The molecule has 0 aliphatic carbocycles. The number of rotatable bonds is 5. The number of benzene rings is 1. The molecule has 1 aliphatic rings. The van der Waals surface area contributed by atoms with Gasteiger partial charge in [-0.3, -0.25) is 4.79 Å². The van der Waals surface area contributed by atoms with Gasteiger partial charge in [0, 0.05) is 13.1 Å². The molecule has 2 aromatic rings. The summed E-state index contributed by atoms with van der Waals surface area (Å²) in [6.07, 6.45) is 2.74. The topological polar surface area (TPSA) is 79.6 Å². The summed E-state index contributed by atoms with van der Waals surface area (Å²) in [4.78, 5) is 12.8. The van der Waals surface area contributed by atoms with E-state index < -0.39 is 15.9 Å². The number of carbonyl (C=O) groups excluding carboxylic acids is 1. The lowest BCUT2D eigenvalue weighted by molar-refractivity contribution is 0.0931. The van der Waals surface area contributed by atoms with Gasteiger partial charge in [-0.25, -0.2) is 8.42 Å². The number of sulfonamides is 1. The number of piperidine rings is 1. The zero-order chi connectivity index (χ0) is 18.7. The molecule has 0 spiro atoms. The largest absolute Gasteiger partial charge is 0.464 e. The Balaban J connectivity index is 1.85. The van der Waals surface area contributed by atoms with Crippen LogP contribution in [-0.2, 0) is 10.0 Å². The van der Waals surface area contributed by atoms with Crippen molar-refractivity contribution in [3.63, 3.8) is 0 Å². The molecule has 1 fully saturated rings. The molecule has 1 aromatic heterocycles. The first-order chi connectivity index (χ1) is 12.4. The number of carbonyl (C=O) groups is 1. The highest BCUT2D eigenvalue weighted by Crippen LogP contribution is 2.24. The Kier molecular flexibility index (Phi) is 5.48. The average molecular weight is 376 g/mol. The molecule has 7 heteroatoms. The monoisotopic (exact) mass is 376 g/mol. The van der Waals surface area contributed by atoms with Crippen molar-refractivity contribution in [1.82, 2.24) is 9.62 Å². The first-order valence-electron chi connectivity index (χ1n) is 8.86. The summed E-state index contributed by atoms with van der Waals surface area (Å²) in [5.74, 6) is 0.962. The van der Waals surface area contributed by atoms with Gasteiger partial charge in [-0.1, -0.05) is 18.6 Å². The van der Waals surface area contributed by atoms with E-state index in [-0.39, 0.29) is 16.5 Å². The van der Waals surface area contributed by atoms with E-state index in [2.05, 4.69) is 5.32 Å². The van der Waals surface area contributed by atoms with Crippen molar-refractivity contribution in [3.05, 3.63) is 53.5 Å². The molecule has 1 saturated heterocycles. The molecule has 26 heavy (non-hydrogen) atoms. The highest BCUT2D eigenvalue weighted by atomic mass is 32.2. The van der Waals surface area contributed by atoms with E-state index in [1.54, 1.807) is 31.2 Å². The van der Waals surface area contributed by atoms with Gasteiger partial charge >= 0.3 is 0 Å². The predicted molar refractivity (Wildman–Crippen MR) is 98.4 cm³/mol. The van der Waals surface area contributed by atoms with Crippen LogP contribution in [0.5, 0.6) is 0 Å². The third-order valence-electron chi connectivity index (χ3n) is 4.60. The summed E-state index contributed by atoms with van der Waals surface area (Å²) >= 11 is 0. The van der Waals surface area contributed by atoms with Crippen LogP contribution in [0.25, 0.3) is 0 Å². The number of nitrogens with zero attached hydrogens (tertiary/aromatic N) is 1. The molecule has 3 rings (SSSR count). The summed E-state index contributed by atoms with van der Waals surface area (Å²) < 4.78 is 33.0. The number of aryl methyl sites for hydroxylation is 1. The van der Waals surface area contributed by atoms with Gasteiger partial charge in [0.25, 0.3) is 5.91 Å². The van der Waals surface area contributed by atoms with Gasteiger partial charge in [-0.15, -0.1) is 0 Å². The van der Waals surface area contributed by atoms with Crippen molar-refractivity contribution in [3.8, 4) is 0 Å². The molecule has 140 valence electrons. The van der Waals surface area contributed by atoms with Crippen LogP contribution in [-0.4, -0.2) is 31.7 Å². The first kappa shape index (κ1) is 18.7. The lowest BCUT2D eigenvalue weighted by atomic mass is 10.2. The normalized spacial score (nSPS) is 17.0. The molecule has 1 N–H and O–H groups in total. The van der Waals surface area contributed by atoms with Crippen molar-refractivity contribution >= 4 is 15.9 Å². The van der Waals surface area contributed by atoms with E-state index in [9.17, 15) is 13.2 Å². The second kappa shape index (κ2) is 7.63. The minimum absolute atomic E-state index is 0.0576. The average Bonchev–Trinajstić information content (AvgIpc) is 3.09. The van der Waals surface area contributed by atoms with Crippen molar-refractivity contribution in [1.29, 1.82) is 0 Å². The van der Waals surface area contributed by atoms with Crippen LogP contribution >= 0.6 is 0 Å². The number of nitrogens with one attached hydrogen (secondary N) is 1. The molecule has 1 aromatic carbocycles. The fraction of sp³-hybridized carbons (Fsp3) is 0.421. The predicted octanol–water partition coefficient (Wildman–Crippen LogP) is 3.25. The van der Waals surface area contributed by atoms with E-state index in [0.717, 1.165) is 25.0 Å². The van der Waals surface area contributed by atoms with Crippen molar-refractivity contribution in [2.75, 3.05) is 13.1 Å². The molecule has 1 unspecified atom stereocenters. The maximum absolute atomic E-state index is 13.0. The minimum atomic E-state index is -3.68. The van der Waals surface area contributed by atoms with Gasteiger partial charge in [-0.2, -0.15) is 4.31 Å². The van der Waals surface area contributed by atoms with Crippen molar-refractivity contribution in [2.45, 2.75) is 44.0 Å². The Hall–Kier alpha value is -2.12. The van der Waals surface area contributed by atoms with Crippen LogP contribution in [0.4, 0.5) is 0 Å². The second-order valence-corrected chi connectivity index (χ2v) is 8.51. The Bertz CT molecular complexity index is 882. The Morgan fingerprint density at radius 2 is 1.81 bits per heavy atom. The Morgan fingerprint density at radius 3 is 2.46 bits per heavy atom. The fourth-order valence-electron chi connectivity index (χ4n) is 3.16. The summed E-state index contributed by atoms with van der Waals surface area (Å²) in [6.45, 7) is 4.64. The minimum Gasteiger partial charge on any atom is -0.464 e. The molecule has 0 saturated carbocycles. The molecule has 1 amide bonds. The maximum atomic E-state index is 13.0. The Labute approximate surface area is 154 Å². The van der Waals surface area contributed by atoms with Crippen LogP contribution in [0.3, 0.4) is 0 Å². The van der Waals surface area contributed by atoms with E-state index >= 15 is 0 Å². The molecule has 1 atom stereocenters. The SMILES string of the molecule is Cc1ccc(C(C)NC(=O)c2ccccc2S(=O)(=O)N2CCCCC2)o1. The highest BCUT2D eigenvalue weighted by molar-refractivity contribution is 7.89. The molecule has 6 nitrogen and oxygen atoms in total. The van der Waals surface area contributed by atoms with E-state index in [4.69, 9.17) is 4.42 Å². The van der Waals surface area contributed by atoms with Gasteiger partial charge in [-0.05, 0) is 51.0 Å². The van der Waals surface area contributed by atoms with Crippen LogP contribution < -0.4 is 5.32 Å². The summed E-state index contributed by atoms with van der Waals surface area (Å²) in [5, 5.41) is 2.83. The molecule has 0 radical (unpaired) electrons. The van der Waals surface area contributed by atoms with Crippen LogP contribution in [0.15, 0.2) is 45.7 Å². The van der Waals surface area contributed by atoms with E-state index in [1.807, 2.05) is 13.0 Å². The Morgan fingerprint density at radius 1 is 1.12 bits per heavy atom. The van der Waals surface area contributed by atoms with Gasteiger partial charge < -0.3 is 9.73 Å². The van der Waals surface area contributed by atoms with Gasteiger partial charge in [0.15, 0.2) is 0 Å². The molecular formula is C19H24N2O4S. The molecule has 0 bridgehead atoms. The number of hydrogen-bond acceptors (Lipinski definition) is 4. The quantitative estimate of drug-likeness (QED) is 0.869. The molecule has 2 heterocycles. The second-order valence-electron chi connectivity index (χ2n) is 6.60.